The number of hydrogen-bond donors (Lipinski definition) is 6. The van der Waals surface area contributed by atoms with E-state index in [1.165, 1.54) is 73.2 Å². The van der Waals surface area contributed by atoms with Crippen molar-refractivity contribution < 1.29 is 30.2 Å². The molecule has 4 aromatic rings. The van der Waals surface area contributed by atoms with E-state index in [2.05, 4.69) is 49.2 Å². The Balaban J connectivity index is 1.31. The largest absolute Gasteiger partial charge is 0.466 e. The number of nitrogens with zero attached hydrogens (tertiary/aromatic N) is 8. The van der Waals surface area contributed by atoms with Crippen LogP contribution in [0.3, 0.4) is 0 Å². The molecule has 0 spiro atoms. The predicted molar refractivity (Wildman–Crippen MR) is 191 cm³/mol. The molecule has 0 atom stereocenters. The molecule has 0 radical (unpaired) electrons. The van der Waals surface area contributed by atoms with E-state index in [1.54, 1.807) is 24.3 Å². The monoisotopic (exact) mass is 744 g/mol. The highest BCUT2D eigenvalue weighted by atomic mass is 32.2. The van der Waals surface area contributed by atoms with Crippen LogP contribution in [0, 0.1) is 6.42 Å². The number of nitrogen functional groups attached to an aromatic ring is 4. The maximum Gasteiger partial charge on any atom is 0.466 e. The van der Waals surface area contributed by atoms with Crippen molar-refractivity contribution in [1.29, 1.82) is 0 Å². The van der Waals surface area contributed by atoms with Crippen molar-refractivity contribution in [2.45, 2.75) is 4.90 Å². The first kappa shape index (κ1) is 36.6. The van der Waals surface area contributed by atoms with Crippen molar-refractivity contribution in [3.05, 3.63) is 102 Å². The van der Waals surface area contributed by atoms with Crippen molar-refractivity contribution in [2.75, 3.05) is 22.9 Å². The molecule has 22 heteroatoms. The number of azo groups is 3. The Hall–Kier alpha value is -6.65. The number of rotatable bonds is 11. The molecule has 0 bridgehead atoms. The zero-order valence-electron chi connectivity index (χ0n) is 26.5. The topological polar surface area (TPSA) is 343 Å². The molecular weight excluding hydrogens is 717 g/mol. The summed E-state index contributed by atoms with van der Waals surface area (Å²) in [7, 11) is -8.13. The van der Waals surface area contributed by atoms with Gasteiger partial charge in [0, 0.05) is 6.07 Å². The second-order valence-corrected chi connectivity index (χ2v) is 13.5. The van der Waals surface area contributed by atoms with Crippen molar-refractivity contribution in [2.24, 2.45) is 47.6 Å². The molecule has 12 N–H and O–H groups in total. The lowest BCUT2D eigenvalue weighted by Gasteiger charge is -2.05. The molecule has 264 valence electrons. The molecule has 20 nitrogen and oxygen atoms in total. The van der Waals surface area contributed by atoms with Gasteiger partial charge in [0.05, 0.1) is 61.6 Å². The third-order valence-corrected chi connectivity index (χ3v) is 8.98. The molecule has 0 unspecified atom stereocenters. The summed E-state index contributed by atoms with van der Waals surface area (Å²) in [4.78, 5) is 3.77. The minimum absolute atomic E-state index is 0.153. The standard InChI is InChI=1S/C30H27N14O6S2/c31-23-13-25(33)29(15-27(23)41-37-17-4-8-21(9-5-17)51(45,46)49-35)43-39-19-2-1-3-20(12-19)40-44-30-16-28(24(32)14-26(30)34)42-38-18-6-10-22(11-7-18)52(47,48)50-36/h1-16H,35-36H2,(H7,31,32,33,34,37,39)/q+1/p+1. The highest BCUT2D eigenvalue weighted by molar-refractivity contribution is 7.90. The molecule has 4 aromatic carbocycles. The van der Waals surface area contributed by atoms with Gasteiger partial charge in [-0.25, -0.2) is 0 Å². The SMILES string of the molecule is NOS(=O)(=O)C1=C[CH+]C(=[N+]=Nc2cc(N=Nc3cccc(N=Nc4cc(N=Nc5ccc(S(=O)(=O)ON)cc5)c(N)cc4N)c3)c(N)cc2N)C=C1. The van der Waals surface area contributed by atoms with E-state index in [0.717, 1.165) is 0 Å². The van der Waals surface area contributed by atoms with Crippen LogP contribution in [0.4, 0.5) is 62.6 Å². The van der Waals surface area contributed by atoms with Crippen LogP contribution in [0.5, 0.6) is 0 Å². The molecule has 1 aliphatic rings. The van der Waals surface area contributed by atoms with Gasteiger partial charge in [0.25, 0.3) is 0 Å². The predicted octanol–water partition coefficient (Wildman–Crippen LogP) is 5.45. The van der Waals surface area contributed by atoms with Gasteiger partial charge < -0.3 is 22.9 Å². The van der Waals surface area contributed by atoms with Gasteiger partial charge in [0.2, 0.25) is 0 Å². The minimum Gasteiger partial charge on any atom is -0.397 e. The van der Waals surface area contributed by atoms with Gasteiger partial charge in [-0.1, -0.05) is 6.07 Å². The fourth-order valence-corrected chi connectivity index (χ4v) is 5.26. The molecule has 0 amide bonds. The Morgan fingerprint density at radius 1 is 0.558 bits per heavy atom. The van der Waals surface area contributed by atoms with Gasteiger partial charge in [-0.2, -0.15) is 52.5 Å². The highest BCUT2D eigenvalue weighted by Crippen LogP contribution is 2.37. The van der Waals surface area contributed by atoms with Crippen molar-refractivity contribution in [3.8, 4) is 0 Å². The fraction of sp³-hybridized carbons (Fsp3) is 0. The van der Waals surface area contributed by atoms with Gasteiger partial charge in [-0.15, -0.1) is 15.3 Å². The van der Waals surface area contributed by atoms with Crippen LogP contribution in [0.2, 0.25) is 0 Å². The van der Waals surface area contributed by atoms with Crippen LogP contribution in [0.25, 0.3) is 0 Å². The van der Waals surface area contributed by atoms with Crippen molar-refractivity contribution >= 4 is 88.5 Å². The van der Waals surface area contributed by atoms with E-state index >= 15 is 0 Å². The van der Waals surface area contributed by atoms with Crippen LogP contribution in [-0.4, -0.2) is 27.3 Å². The normalized spacial score (nSPS) is 13.4. The molecule has 52 heavy (non-hydrogen) atoms. The van der Waals surface area contributed by atoms with E-state index in [1.807, 2.05) is 0 Å². The molecular formula is C30H28N14O6S2+2. The van der Waals surface area contributed by atoms with Gasteiger partial charge in [0.15, 0.2) is 10.6 Å². The van der Waals surface area contributed by atoms with E-state index in [4.69, 9.17) is 34.7 Å². The molecule has 0 heterocycles. The van der Waals surface area contributed by atoms with E-state index < -0.39 is 20.2 Å². The number of nitrogens with two attached hydrogens (primary N) is 6. The third-order valence-electron chi connectivity index (χ3n) is 6.78. The van der Waals surface area contributed by atoms with Gasteiger partial charge in [0.1, 0.15) is 34.7 Å². The number of hydrogen-bond acceptors (Lipinski definition) is 19. The highest BCUT2D eigenvalue weighted by Gasteiger charge is 2.29. The second-order valence-electron chi connectivity index (χ2n) is 10.3. The van der Waals surface area contributed by atoms with Crippen molar-refractivity contribution in [3.63, 3.8) is 0 Å². The molecule has 1 aliphatic carbocycles. The summed E-state index contributed by atoms with van der Waals surface area (Å²) in [5.41, 5.74) is 27.7. The van der Waals surface area contributed by atoms with E-state index in [9.17, 15) is 16.8 Å². The number of anilines is 4. The lowest BCUT2D eigenvalue weighted by atomic mass is 10.2. The summed E-state index contributed by atoms with van der Waals surface area (Å²) in [5.74, 6) is 9.60. The molecule has 5 rings (SSSR count). The molecule has 0 saturated carbocycles. The quantitative estimate of drug-likeness (QED) is 0.0367. The fourth-order valence-electron chi connectivity index (χ4n) is 4.10. The van der Waals surface area contributed by atoms with Crippen LogP contribution < -0.4 is 34.7 Å². The van der Waals surface area contributed by atoms with Crippen LogP contribution >= 0.6 is 0 Å². The summed E-state index contributed by atoms with van der Waals surface area (Å²) in [5, 5.41) is 29.2. The summed E-state index contributed by atoms with van der Waals surface area (Å²) < 4.78 is 54.9. The average molecular weight is 745 g/mol. The maximum atomic E-state index is 11.7. The van der Waals surface area contributed by atoms with Crippen molar-refractivity contribution in [1.82, 2.24) is 0 Å². The number of benzene rings is 4. The molecule has 0 saturated heterocycles. The summed E-state index contributed by atoms with van der Waals surface area (Å²) in [6.45, 7) is 0. The first-order valence-corrected chi connectivity index (χ1v) is 17.2. The van der Waals surface area contributed by atoms with Gasteiger partial charge >= 0.3 is 25.9 Å². The average Bonchev–Trinajstić information content (AvgIpc) is 3.13. The summed E-state index contributed by atoms with van der Waals surface area (Å²) >= 11 is 0. The van der Waals surface area contributed by atoms with E-state index in [-0.39, 0.29) is 55.3 Å². The lowest BCUT2D eigenvalue weighted by molar-refractivity contribution is -0.0750. The van der Waals surface area contributed by atoms with Crippen LogP contribution in [-0.2, 0) is 28.8 Å². The third kappa shape index (κ3) is 8.92. The maximum absolute atomic E-state index is 11.7. The zero-order chi connectivity index (χ0) is 37.5. The summed E-state index contributed by atoms with van der Waals surface area (Å²) in [6, 6.07) is 17.8. The lowest BCUT2D eigenvalue weighted by Crippen LogP contribution is -2.14. The Kier molecular flexibility index (Phi) is 10.9. The number of allylic oxidation sites excluding steroid dienone is 3. The van der Waals surface area contributed by atoms with E-state index in [0.29, 0.717) is 22.8 Å². The smallest absolute Gasteiger partial charge is 0.397 e. The first-order chi connectivity index (χ1) is 24.8. The Morgan fingerprint density at radius 3 is 1.56 bits per heavy atom. The van der Waals surface area contributed by atoms with Crippen LogP contribution in [0.1, 0.15) is 0 Å². The van der Waals surface area contributed by atoms with Gasteiger partial charge in [-0.05, 0) is 60.7 Å². The molecule has 0 aromatic heterocycles. The van der Waals surface area contributed by atoms with Gasteiger partial charge in [-0.3, -0.25) is 0 Å². The molecule has 0 fully saturated rings. The first-order valence-electron chi connectivity index (χ1n) is 14.4. The second kappa shape index (κ2) is 15.5. The Labute approximate surface area is 295 Å². The Bertz CT molecular complexity index is 2470. The van der Waals surface area contributed by atoms with Crippen LogP contribution in [0.15, 0.2) is 137 Å². The summed E-state index contributed by atoms with van der Waals surface area (Å²) in [6.07, 6.45) is 5.32. The Morgan fingerprint density at radius 2 is 1.06 bits per heavy atom. The zero-order valence-corrected chi connectivity index (χ0v) is 28.2. The minimum atomic E-state index is -4.06. The molecule has 0 aliphatic heterocycles.